The summed E-state index contributed by atoms with van der Waals surface area (Å²) in [6.07, 6.45) is 0.878. The van der Waals surface area contributed by atoms with Crippen molar-refractivity contribution in [1.29, 1.82) is 0 Å². The fourth-order valence-corrected chi connectivity index (χ4v) is 1.56. The molecule has 0 atom stereocenters. The van der Waals surface area contributed by atoms with Crippen LogP contribution in [0.3, 0.4) is 0 Å². The van der Waals surface area contributed by atoms with Crippen LogP contribution in [-0.2, 0) is 4.74 Å². The SMILES string of the molecule is COCCCN(C)CC(=O)c1cccc(F)c1. The lowest BCUT2D eigenvalue weighted by Gasteiger charge is -2.15. The van der Waals surface area contributed by atoms with E-state index in [9.17, 15) is 9.18 Å². The molecule has 1 aromatic rings. The van der Waals surface area contributed by atoms with Crippen molar-refractivity contribution in [2.24, 2.45) is 0 Å². The Hall–Kier alpha value is -1.26. The zero-order chi connectivity index (χ0) is 12.7. The van der Waals surface area contributed by atoms with Crippen LogP contribution in [0.5, 0.6) is 0 Å². The fourth-order valence-electron chi connectivity index (χ4n) is 1.56. The predicted molar refractivity (Wildman–Crippen MR) is 64.7 cm³/mol. The number of hydrogen-bond donors (Lipinski definition) is 0. The van der Waals surface area contributed by atoms with Gasteiger partial charge in [-0.25, -0.2) is 4.39 Å². The molecule has 0 aliphatic carbocycles. The number of hydrogen-bond acceptors (Lipinski definition) is 3. The van der Waals surface area contributed by atoms with Gasteiger partial charge in [-0.3, -0.25) is 9.69 Å². The summed E-state index contributed by atoms with van der Waals surface area (Å²) in [5, 5.41) is 0. The Bertz CT molecular complexity index is 368. The van der Waals surface area contributed by atoms with Gasteiger partial charge in [0.1, 0.15) is 5.82 Å². The van der Waals surface area contributed by atoms with Gasteiger partial charge in [-0.1, -0.05) is 12.1 Å². The lowest BCUT2D eigenvalue weighted by Crippen LogP contribution is -2.27. The van der Waals surface area contributed by atoms with E-state index in [2.05, 4.69) is 0 Å². The van der Waals surface area contributed by atoms with E-state index in [1.807, 2.05) is 11.9 Å². The Kier molecular flexibility index (Phi) is 5.80. The van der Waals surface area contributed by atoms with Gasteiger partial charge in [0.05, 0.1) is 6.54 Å². The summed E-state index contributed by atoms with van der Waals surface area (Å²) in [5.74, 6) is -0.442. The van der Waals surface area contributed by atoms with Gasteiger partial charge in [-0.2, -0.15) is 0 Å². The first-order valence-corrected chi connectivity index (χ1v) is 5.59. The second-order valence-electron chi connectivity index (χ2n) is 4.02. The summed E-state index contributed by atoms with van der Waals surface area (Å²) in [6.45, 7) is 1.76. The summed E-state index contributed by atoms with van der Waals surface area (Å²) >= 11 is 0. The van der Waals surface area contributed by atoms with Gasteiger partial charge in [-0.15, -0.1) is 0 Å². The summed E-state index contributed by atoms with van der Waals surface area (Å²) in [4.78, 5) is 13.7. The molecule has 0 unspecified atom stereocenters. The van der Waals surface area contributed by atoms with E-state index >= 15 is 0 Å². The molecule has 0 aliphatic heterocycles. The third-order valence-corrected chi connectivity index (χ3v) is 2.45. The van der Waals surface area contributed by atoms with Crippen LogP contribution in [0.4, 0.5) is 4.39 Å². The molecule has 0 saturated heterocycles. The Morgan fingerprint density at radius 3 is 2.88 bits per heavy atom. The Morgan fingerprint density at radius 2 is 2.24 bits per heavy atom. The molecule has 0 aromatic heterocycles. The van der Waals surface area contributed by atoms with Crippen molar-refractivity contribution < 1.29 is 13.9 Å². The van der Waals surface area contributed by atoms with Crippen LogP contribution in [0.25, 0.3) is 0 Å². The van der Waals surface area contributed by atoms with Crippen LogP contribution in [-0.4, -0.2) is 44.5 Å². The first kappa shape index (κ1) is 13.8. The van der Waals surface area contributed by atoms with E-state index in [1.165, 1.54) is 12.1 Å². The van der Waals surface area contributed by atoms with E-state index in [1.54, 1.807) is 19.2 Å². The summed E-state index contributed by atoms with van der Waals surface area (Å²) < 4.78 is 17.9. The highest BCUT2D eigenvalue weighted by Crippen LogP contribution is 2.05. The normalized spacial score (nSPS) is 10.8. The highest BCUT2D eigenvalue weighted by molar-refractivity contribution is 5.97. The average Bonchev–Trinajstić information content (AvgIpc) is 2.29. The van der Waals surface area contributed by atoms with Crippen molar-refractivity contribution in [3.63, 3.8) is 0 Å². The number of likely N-dealkylation sites (N-methyl/N-ethyl adjacent to an activating group) is 1. The number of carbonyl (C=O) groups is 1. The lowest BCUT2D eigenvalue weighted by molar-refractivity contribution is 0.0938. The number of nitrogens with zero attached hydrogens (tertiary/aromatic N) is 1. The standard InChI is InChI=1S/C13H18FNO2/c1-15(7-4-8-17-2)10-13(16)11-5-3-6-12(14)9-11/h3,5-6,9H,4,7-8,10H2,1-2H3. The van der Waals surface area contributed by atoms with Gasteiger partial charge < -0.3 is 4.74 Å². The summed E-state index contributed by atoms with van der Waals surface area (Å²) in [6, 6.07) is 5.78. The maximum atomic E-state index is 12.9. The minimum absolute atomic E-state index is 0.0654. The first-order chi connectivity index (χ1) is 8.13. The molecule has 0 amide bonds. The molecule has 4 heteroatoms. The third-order valence-electron chi connectivity index (χ3n) is 2.45. The number of rotatable bonds is 7. The molecule has 3 nitrogen and oxygen atoms in total. The van der Waals surface area contributed by atoms with Gasteiger partial charge in [0.2, 0.25) is 0 Å². The number of benzene rings is 1. The van der Waals surface area contributed by atoms with Gasteiger partial charge in [0.25, 0.3) is 0 Å². The fraction of sp³-hybridized carbons (Fsp3) is 0.462. The zero-order valence-corrected chi connectivity index (χ0v) is 10.3. The number of ketones is 1. The second-order valence-corrected chi connectivity index (χ2v) is 4.02. The topological polar surface area (TPSA) is 29.5 Å². The third kappa shape index (κ3) is 5.06. The minimum Gasteiger partial charge on any atom is -0.385 e. The molecule has 1 rings (SSSR count). The van der Waals surface area contributed by atoms with E-state index in [4.69, 9.17) is 4.74 Å². The van der Waals surface area contributed by atoms with Crippen LogP contribution in [0.1, 0.15) is 16.8 Å². The van der Waals surface area contributed by atoms with E-state index in [0.717, 1.165) is 13.0 Å². The van der Waals surface area contributed by atoms with Crippen molar-refractivity contribution in [3.05, 3.63) is 35.6 Å². The quantitative estimate of drug-likeness (QED) is 0.538. The molecule has 0 N–H and O–H groups in total. The smallest absolute Gasteiger partial charge is 0.176 e. The first-order valence-electron chi connectivity index (χ1n) is 5.59. The molecule has 94 valence electrons. The van der Waals surface area contributed by atoms with Crippen LogP contribution >= 0.6 is 0 Å². The van der Waals surface area contributed by atoms with E-state index in [0.29, 0.717) is 18.7 Å². The van der Waals surface area contributed by atoms with Crippen molar-refractivity contribution in [3.8, 4) is 0 Å². The van der Waals surface area contributed by atoms with Gasteiger partial charge in [0, 0.05) is 25.8 Å². The summed E-state index contributed by atoms with van der Waals surface area (Å²) in [7, 11) is 3.52. The van der Waals surface area contributed by atoms with Crippen LogP contribution in [0.2, 0.25) is 0 Å². The zero-order valence-electron chi connectivity index (χ0n) is 10.3. The van der Waals surface area contributed by atoms with Gasteiger partial charge in [-0.05, 0) is 25.6 Å². The van der Waals surface area contributed by atoms with Gasteiger partial charge in [0.15, 0.2) is 5.78 Å². The molecule has 0 radical (unpaired) electrons. The highest BCUT2D eigenvalue weighted by Gasteiger charge is 2.09. The second kappa shape index (κ2) is 7.14. The monoisotopic (exact) mass is 239 g/mol. The lowest BCUT2D eigenvalue weighted by atomic mass is 10.1. The van der Waals surface area contributed by atoms with Crippen molar-refractivity contribution in [2.75, 3.05) is 33.9 Å². The number of carbonyl (C=O) groups excluding carboxylic acids is 1. The Morgan fingerprint density at radius 1 is 1.47 bits per heavy atom. The molecule has 0 bridgehead atoms. The molecular weight excluding hydrogens is 221 g/mol. The van der Waals surface area contributed by atoms with Crippen LogP contribution < -0.4 is 0 Å². The number of methoxy groups -OCH3 is 1. The molecule has 0 saturated carbocycles. The van der Waals surface area contributed by atoms with E-state index in [-0.39, 0.29) is 11.6 Å². The molecule has 0 spiro atoms. The van der Waals surface area contributed by atoms with E-state index < -0.39 is 0 Å². The van der Waals surface area contributed by atoms with Gasteiger partial charge >= 0.3 is 0 Å². The van der Waals surface area contributed by atoms with Crippen molar-refractivity contribution >= 4 is 5.78 Å². The molecule has 0 aliphatic rings. The average molecular weight is 239 g/mol. The van der Waals surface area contributed by atoms with Crippen LogP contribution in [0.15, 0.2) is 24.3 Å². The number of Topliss-reactive ketones (excluding diaryl/α,β-unsaturated/α-hetero) is 1. The van der Waals surface area contributed by atoms with Crippen molar-refractivity contribution in [1.82, 2.24) is 4.90 Å². The largest absolute Gasteiger partial charge is 0.385 e. The Labute approximate surface area is 101 Å². The number of halogens is 1. The predicted octanol–water partition coefficient (Wildman–Crippen LogP) is 1.98. The van der Waals surface area contributed by atoms with Crippen molar-refractivity contribution in [2.45, 2.75) is 6.42 Å². The molecule has 17 heavy (non-hydrogen) atoms. The molecular formula is C13H18FNO2. The number of ether oxygens (including phenoxy) is 1. The minimum atomic E-state index is -0.377. The maximum Gasteiger partial charge on any atom is 0.176 e. The molecule has 1 aromatic carbocycles. The summed E-state index contributed by atoms with van der Waals surface area (Å²) in [5.41, 5.74) is 0.420. The maximum absolute atomic E-state index is 12.9. The molecule has 0 heterocycles. The molecule has 0 fully saturated rings. The highest BCUT2D eigenvalue weighted by atomic mass is 19.1. The Balaban J connectivity index is 2.43. The van der Waals surface area contributed by atoms with Crippen LogP contribution in [0, 0.1) is 5.82 Å².